The van der Waals surface area contributed by atoms with Crippen LogP contribution in [0.1, 0.15) is 24.0 Å². The number of aryl methyl sites for hydroxylation is 1. The van der Waals surface area contributed by atoms with Crippen molar-refractivity contribution >= 4 is 5.97 Å². The van der Waals surface area contributed by atoms with Crippen LogP contribution in [-0.4, -0.2) is 24.4 Å². The van der Waals surface area contributed by atoms with Crippen molar-refractivity contribution in [1.82, 2.24) is 0 Å². The van der Waals surface area contributed by atoms with Gasteiger partial charge in [0.1, 0.15) is 0 Å². The first-order valence-electron chi connectivity index (χ1n) is 5.52. The van der Waals surface area contributed by atoms with E-state index in [0.29, 0.717) is 17.1 Å². The van der Waals surface area contributed by atoms with Crippen molar-refractivity contribution in [3.63, 3.8) is 0 Å². The van der Waals surface area contributed by atoms with E-state index in [1.165, 1.54) is 0 Å². The number of carboxylic acid groups (broad SMARTS) is 1. The van der Waals surface area contributed by atoms with Crippen LogP contribution in [0.2, 0.25) is 0 Å². The van der Waals surface area contributed by atoms with Gasteiger partial charge >= 0.3 is 5.97 Å². The second-order valence-electron chi connectivity index (χ2n) is 3.88. The lowest BCUT2D eigenvalue weighted by atomic mass is 9.92. The summed E-state index contributed by atoms with van der Waals surface area (Å²) in [5.41, 5.74) is 7.17. The average molecular weight is 237 g/mol. The molecule has 0 aromatic heterocycles. The summed E-state index contributed by atoms with van der Waals surface area (Å²) in [5, 5.41) is 9.14. The molecule has 5 nitrogen and oxygen atoms in total. The molecule has 0 spiro atoms. The van der Waals surface area contributed by atoms with Gasteiger partial charge in [-0.3, -0.25) is 4.79 Å². The van der Waals surface area contributed by atoms with Gasteiger partial charge in [-0.25, -0.2) is 0 Å². The molecular weight excluding hydrogens is 222 g/mol. The van der Waals surface area contributed by atoms with Gasteiger partial charge in [0, 0.05) is 6.54 Å². The van der Waals surface area contributed by atoms with Gasteiger partial charge in [0.2, 0.25) is 6.79 Å². The van der Waals surface area contributed by atoms with Crippen LogP contribution in [0.15, 0.2) is 12.1 Å². The quantitative estimate of drug-likeness (QED) is 0.819. The van der Waals surface area contributed by atoms with Crippen molar-refractivity contribution in [2.45, 2.75) is 19.3 Å². The zero-order valence-electron chi connectivity index (χ0n) is 9.60. The molecule has 3 N–H and O–H groups in total. The lowest BCUT2D eigenvalue weighted by Crippen LogP contribution is -2.22. The van der Waals surface area contributed by atoms with E-state index in [4.69, 9.17) is 20.3 Å². The summed E-state index contributed by atoms with van der Waals surface area (Å²) in [6.45, 7) is 2.22. The normalized spacial score (nSPS) is 14.7. The Morgan fingerprint density at radius 3 is 2.65 bits per heavy atom. The molecule has 1 heterocycles. The van der Waals surface area contributed by atoms with Gasteiger partial charge in [0.25, 0.3) is 0 Å². The van der Waals surface area contributed by atoms with Crippen molar-refractivity contribution in [1.29, 1.82) is 0 Å². The highest BCUT2D eigenvalue weighted by atomic mass is 16.7. The van der Waals surface area contributed by atoms with E-state index >= 15 is 0 Å². The van der Waals surface area contributed by atoms with Gasteiger partial charge in [-0.05, 0) is 29.7 Å². The van der Waals surface area contributed by atoms with Crippen molar-refractivity contribution in [2.24, 2.45) is 5.73 Å². The predicted molar refractivity (Wildman–Crippen MR) is 61.4 cm³/mol. The van der Waals surface area contributed by atoms with Crippen LogP contribution in [0.5, 0.6) is 11.5 Å². The summed E-state index contributed by atoms with van der Waals surface area (Å²) in [6, 6.07) is 3.57. The lowest BCUT2D eigenvalue weighted by molar-refractivity contribution is -0.138. The Labute approximate surface area is 99.1 Å². The Balaban J connectivity index is 2.48. The third-order valence-electron chi connectivity index (χ3n) is 2.92. The number of ether oxygens (including phenoxy) is 2. The van der Waals surface area contributed by atoms with Crippen molar-refractivity contribution in [3.8, 4) is 11.5 Å². The highest BCUT2D eigenvalue weighted by molar-refractivity contribution is 5.77. The molecule has 1 unspecified atom stereocenters. The van der Waals surface area contributed by atoms with Crippen LogP contribution in [0, 0.1) is 0 Å². The largest absolute Gasteiger partial charge is 0.481 e. The summed E-state index contributed by atoms with van der Waals surface area (Å²) in [7, 11) is 0. The lowest BCUT2D eigenvalue weighted by Gasteiger charge is -2.15. The zero-order chi connectivity index (χ0) is 12.4. The number of fused-ring (bicyclic) bond motifs is 1. The molecule has 0 bridgehead atoms. The number of nitrogens with two attached hydrogens (primary N) is 1. The highest BCUT2D eigenvalue weighted by Crippen LogP contribution is 2.37. The second kappa shape index (κ2) is 4.63. The third-order valence-corrected chi connectivity index (χ3v) is 2.92. The molecule has 1 atom stereocenters. The molecule has 0 saturated carbocycles. The third kappa shape index (κ3) is 2.06. The molecule has 0 saturated heterocycles. The fourth-order valence-electron chi connectivity index (χ4n) is 1.99. The molecule has 0 radical (unpaired) electrons. The number of rotatable bonds is 4. The maximum atomic E-state index is 11.1. The summed E-state index contributed by atoms with van der Waals surface area (Å²) in [4.78, 5) is 11.1. The smallest absolute Gasteiger partial charge is 0.312 e. The fourth-order valence-corrected chi connectivity index (χ4v) is 1.99. The summed E-state index contributed by atoms with van der Waals surface area (Å²) in [5.74, 6) is -0.343. The predicted octanol–water partition coefficient (Wildman–Crippen LogP) is 1.10. The van der Waals surface area contributed by atoms with Crippen LogP contribution in [0.3, 0.4) is 0 Å². The van der Waals surface area contributed by atoms with Crippen LogP contribution in [0.4, 0.5) is 0 Å². The number of hydrogen-bond acceptors (Lipinski definition) is 4. The first kappa shape index (κ1) is 11.7. The monoisotopic (exact) mass is 237 g/mol. The van der Waals surface area contributed by atoms with E-state index in [1.807, 2.05) is 13.0 Å². The standard InChI is InChI=1S/C12H15NO4/c1-2-7-3-10-11(17-6-16-10)4-8(7)9(5-13)12(14)15/h3-4,9H,2,5-6,13H2,1H3,(H,14,15). The highest BCUT2D eigenvalue weighted by Gasteiger charge is 2.24. The van der Waals surface area contributed by atoms with Crippen LogP contribution in [0.25, 0.3) is 0 Å². The van der Waals surface area contributed by atoms with Gasteiger partial charge in [-0.15, -0.1) is 0 Å². The SMILES string of the molecule is CCc1cc2c(cc1C(CN)C(=O)O)OCO2. The molecule has 1 aliphatic rings. The summed E-state index contributed by atoms with van der Waals surface area (Å²) >= 11 is 0. The number of carbonyl (C=O) groups is 1. The molecule has 1 aromatic carbocycles. The molecular formula is C12H15NO4. The van der Waals surface area contributed by atoms with E-state index in [1.54, 1.807) is 6.07 Å². The first-order chi connectivity index (χ1) is 8.17. The molecule has 0 amide bonds. The molecule has 2 rings (SSSR count). The average Bonchev–Trinajstić information content (AvgIpc) is 2.75. The Morgan fingerprint density at radius 1 is 1.47 bits per heavy atom. The molecule has 1 aliphatic heterocycles. The van der Waals surface area contributed by atoms with Crippen molar-refractivity contribution in [2.75, 3.05) is 13.3 Å². The summed E-state index contributed by atoms with van der Waals surface area (Å²) < 4.78 is 10.5. The number of benzene rings is 1. The summed E-state index contributed by atoms with van der Waals surface area (Å²) in [6.07, 6.45) is 0.732. The Hall–Kier alpha value is -1.75. The van der Waals surface area contributed by atoms with Crippen LogP contribution >= 0.6 is 0 Å². The Bertz CT molecular complexity index is 444. The minimum absolute atomic E-state index is 0.0714. The number of aliphatic carboxylic acids is 1. The number of carboxylic acids is 1. The van der Waals surface area contributed by atoms with Gasteiger partial charge in [-0.2, -0.15) is 0 Å². The molecule has 17 heavy (non-hydrogen) atoms. The van der Waals surface area contributed by atoms with E-state index < -0.39 is 11.9 Å². The van der Waals surface area contributed by atoms with Gasteiger partial charge < -0.3 is 20.3 Å². The second-order valence-corrected chi connectivity index (χ2v) is 3.88. The van der Waals surface area contributed by atoms with Gasteiger partial charge in [-0.1, -0.05) is 6.92 Å². The number of hydrogen-bond donors (Lipinski definition) is 2. The molecule has 92 valence electrons. The minimum atomic E-state index is -0.916. The zero-order valence-corrected chi connectivity index (χ0v) is 9.60. The topological polar surface area (TPSA) is 81.8 Å². The molecule has 1 aromatic rings. The maximum absolute atomic E-state index is 11.1. The van der Waals surface area contributed by atoms with Crippen molar-refractivity contribution in [3.05, 3.63) is 23.3 Å². The minimum Gasteiger partial charge on any atom is -0.481 e. The van der Waals surface area contributed by atoms with Crippen molar-refractivity contribution < 1.29 is 19.4 Å². The van der Waals surface area contributed by atoms with Gasteiger partial charge in [0.15, 0.2) is 11.5 Å². The van der Waals surface area contributed by atoms with Crippen LogP contribution in [-0.2, 0) is 11.2 Å². The molecule has 0 aliphatic carbocycles. The van der Waals surface area contributed by atoms with Crippen LogP contribution < -0.4 is 15.2 Å². The maximum Gasteiger partial charge on any atom is 0.312 e. The van der Waals surface area contributed by atoms with E-state index in [2.05, 4.69) is 0 Å². The van der Waals surface area contributed by atoms with Gasteiger partial charge in [0.05, 0.1) is 5.92 Å². The Morgan fingerprint density at radius 2 is 2.12 bits per heavy atom. The fraction of sp³-hybridized carbons (Fsp3) is 0.417. The van der Waals surface area contributed by atoms with E-state index in [-0.39, 0.29) is 13.3 Å². The Kier molecular flexibility index (Phi) is 3.19. The van der Waals surface area contributed by atoms with E-state index in [9.17, 15) is 4.79 Å². The van der Waals surface area contributed by atoms with E-state index in [0.717, 1.165) is 12.0 Å². The first-order valence-corrected chi connectivity index (χ1v) is 5.52. The molecule has 5 heteroatoms. The molecule has 0 fully saturated rings.